The average Bonchev–Trinajstić information content (AvgIpc) is 2.43. The van der Waals surface area contributed by atoms with Gasteiger partial charge in [0.1, 0.15) is 0 Å². The van der Waals surface area contributed by atoms with E-state index in [1.165, 1.54) is 19.3 Å². The van der Waals surface area contributed by atoms with E-state index in [1.807, 2.05) is 13.8 Å². The number of aliphatic hydroxyl groups excluding tert-OH is 2. The van der Waals surface area contributed by atoms with Gasteiger partial charge in [-0.2, -0.15) is 0 Å². The molecule has 114 valence electrons. The van der Waals surface area contributed by atoms with Gasteiger partial charge in [0.2, 0.25) is 0 Å². The number of nitrogens with one attached hydrogen (secondary N) is 1. The largest absolute Gasteiger partial charge is 0.394 e. The normalized spacial score (nSPS) is 26.4. The highest BCUT2D eigenvalue weighted by molar-refractivity contribution is 4.79. The molecule has 0 aromatic rings. The lowest BCUT2D eigenvalue weighted by Crippen LogP contribution is -2.47. The van der Waals surface area contributed by atoms with Crippen molar-refractivity contribution in [1.82, 2.24) is 5.32 Å². The highest BCUT2D eigenvalue weighted by Crippen LogP contribution is 2.29. The fourth-order valence-electron chi connectivity index (χ4n) is 2.60. The Labute approximate surface area is 117 Å². The summed E-state index contributed by atoms with van der Waals surface area (Å²) < 4.78 is 5.89. The molecule has 3 unspecified atom stereocenters. The number of β-amino-alcohol motifs (C(OH)–C–C–N with tert-alkyl or cyclic N) is 1. The smallest absolute Gasteiger partial charge is 0.0898 e. The maximum Gasteiger partial charge on any atom is 0.0898 e. The Bertz CT molecular complexity index is 246. The van der Waals surface area contributed by atoms with E-state index in [2.05, 4.69) is 12.2 Å². The Hall–Kier alpha value is -0.160. The third-order valence-electron chi connectivity index (χ3n) is 4.08. The average molecular weight is 273 g/mol. The van der Waals surface area contributed by atoms with Crippen molar-refractivity contribution in [2.45, 2.75) is 70.6 Å². The molecule has 1 aliphatic carbocycles. The Balaban J connectivity index is 2.23. The number of ether oxygens (including phenoxy) is 1. The van der Waals surface area contributed by atoms with Gasteiger partial charge in [-0.15, -0.1) is 0 Å². The van der Waals surface area contributed by atoms with Gasteiger partial charge in [0.05, 0.1) is 25.4 Å². The van der Waals surface area contributed by atoms with E-state index in [-0.39, 0.29) is 12.1 Å². The van der Waals surface area contributed by atoms with E-state index in [4.69, 9.17) is 9.84 Å². The minimum atomic E-state index is -0.509. The Morgan fingerprint density at radius 2 is 2.00 bits per heavy atom. The first-order valence-electron chi connectivity index (χ1n) is 7.64. The minimum Gasteiger partial charge on any atom is -0.394 e. The van der Waals surface area contributed by atoms with Crippen molar-refractivity contribution in [3.8, 4) is 0 Å². The SMILES string of the molecule is CCC1CCCCC1OCC(O)CNC(C)(C)CO. The zero-order valence-corrected chi connectivity index (χ0v) is 12.7. The van der Waals surface area contributed by atoms with Crippen LogP contribution in [0.1, 0.15) is 52.9 Å². The fraction of sp³-hybridized carbons (Fsp3) is 1.00. The highest BCUT2D eigenvalue weighted by Gasteiger charge is 2.25. The topological polar surface area (TPSA) is 61.7 Å². The summed E-state index contributed by atoms with van der Waals surface area (Å²) in [5.74, 6) is 0.655. The van der Waals surface area contributed by atoms with Crippen molar-refractivity contribution in [2.75, 3.05) is 19.8 Å². The van der Waals surface area contributed by atoms with Crippen LogP contribution < -0.4 is 5.32 Å². The second-order valence-corrected chi connectivity index (χ2v) is 6.40. The van der Waals surface area contributed by atoms with Gasteiger partial charge in [-0.3, -0.25) is 0 Å². The summed E-state index contributed by atoms with van der Waals surface area (Å²) in [6.07, 6.45) is 5.91. The van der Waals surface area contributed by atoms with Crippen LogP contribution >= 0.6 is 0 Å². The molecule has 0 spiro atoms. The van der Waals surface area contributed by atoms with E-state index in [9.17, 15) is 5.11 Å². The first kappa shape index (κ1) is 16.9. The van der Waals surface area contributed by atoms with E-state index >= 15 is 0 Å². The standard InChI is InChI=1S/C15H31NO3/c1-4-12-7-5-6-8-14(12)19-10-13(18)9-16-15(2,3)11-17/h12-14,16-18H,4-11H2,1-3H3. The Morgan fingerprint density at radius 1 is 1.32 bits per heavy atom. The van der Waals surface area contributed by atoms with Gasteiger partial charge in [-0.05, 0) is 32.6 Å². The molecule has 1 aliphatic rings. The number of hydrogen-bond donors (Lipinski definition) is 3. The molecule has 3 N–H and O–H groups in total. The summed E-state index contributed by atoms with van der Waals surface area (Å²) in [7, 11) is 0. The zero-order chi connectivity index (χ0) is 14.3. The van der Waals surface area contributed by atoms with Gasteiger partial charge in [-0.1, -0.05) is 26.2 Å². The van der Waals surface area contributed by atoms with Crippen LogP contribution in [0.25, 0.3) is 0 Å². The molecule has 0 saturated heterocycles. The van der Waals surface area contributed by atoms with Gasteiger partial charge in [0, 0.05) is 12.1 Å². The molecule has 0 aromatic carbocycles. The summed E-state index contributed by atoms with van der Waals surface area (Å²) in [6.45, 7) is 6.94. The summed E-state index contributed by atoms with van der Waals surface area (Å²) in [6, 6.07) is 0. The molecule has 19 heavy (non-hydrogen) atoms. The highest BCUT2D eigenvalue weighted by atomic mass is 16.5. The molecule has 0 radical (unpaired) electrons. The van der Waals surface area contributed by atoms with E-state index < -0.39 is 6.10 Å². The van der Waals surface area contributed by atoms with Gasteiger partial charge < -0.3 is 20.3 Å². The lowest BCUT2D eigenvalue weighted by molar-refractivity contribution is -0.0514. The van der Waals surface area contributed by atoms with Crippen LogP contribution in [-0.2, 0) is 4.74 Å². The molecule has 1 fully saturated rings. The first-order valence-corrected chi connectivity index (χ1v) is 7.64. The third kappa shape index (κ3) is 6.21. The maximum atomic E-state index is 9.93. The minimum absolute atomic E-state index is 0.0567. The predicted octanol–water partition coefficient (Wildman–Crippen LogP) is 1.69. The van der Waals surface area contributed by atoms with E-state index in [1.54, 1.807) is 0 Å². The van der Waals surface area contributed by atoms with Crippen LogP contribution in [0.2, 0.25) is 0 Å². The molecule has 0 heterocycles. The van der Waals surface area contributed by atoms with Crippen LogP contribution in [0.3, 0.4) is 0 Å². The van der Waals surface area contributed by atoms with Crippen molar-refractivity contribution < 1.29 is 14.9 Å². The molecule has 3 atom stereocenters. The van der Waals surface area contributed by atoms with Gasteiger partial charge in [0.25, 0.3) is 0 Å². The molecule has 0 aliphatic heterocycles. The summed E-state index contributed by atoms with van der Waals surface area (Å²) in [5, 5.41) is 22.2. The summed E-state index contributed by atoms with van der Waals surface area (Å²) >= 11 is 0. The van der Waals surface area contributed by atoms with Crippen molar-refractivity contribution >= 4 is 0 Å². The van der Waals surface area contributed by atoms with E-state index in [0.717, 1.165) is 12.8 Å². The zero-order valence-electron chi connectivity index (χ0n) is 12.7. The van der Waals surface area contributed by atoms with Crippen molar-refractivity contribution in [3.63, 3.8) is 0 Å². The molecule has 1 saturated carbocycles. The maximum absolute atomic E-state index is 9.93. The Kier molecular flexibility index (Phi) is 7.29. The lowest BCUT2D eigenvalue weighted by atomic mass is 9.85. The molecular formula is C15H31NO3. The van der Waals surface area contributed by atoms with Crippen LogP contribution in [-0.4, -0.2) is 47.7 Å². The van der Waals surface area contributed by atoms with Crippen molar-refractivity contribution in [3.05, 3.63) is 0 Å². The molecule has 4 nitrogen and oxygen atoms in total. The lowest BCUT2D eigenvalue weighted by Gasteiger charge is -2.32. The summed E-state index contributed by atoms with van der Waals surface area (Å²) in [4.78, 5) is 0. The summed E-state index contributed by atoms with van der Waals surface area (Å²) in [5.41, 5.74) is -0.349. The third-order valence-corrected chi connectivity index (χ3v) is 4.08. The Morgan fingerprint density at radius 3 is 2.63 bits per heavy atom. The quantitative estimate of drug-likeness (QED) is 0.630. The van der Waals surface area contributed by atoms with Gasteiger partial charge in [-0.25, -0.2) is 0 Å². The second kappa shape index (κ2) is 8.20. The van der Waals surface area contributed by atoms with Crippen molar-refractivity contribution in [2.24, 2.45) is 5.92 Å². The molecule has 1 rings (SSSR count). The van der Waals surface area contributed by atoms with Crippen molar-refractivity contribution in [1.29, 1.82) is 0 Å². The van der Waals surface area contributed by atoms with E-state index in [0.29, 0.717) is 25.2 Å². The van der Waals surface area contributed by atoms with Crippen LogP contribution in [0.5, 0.6) is 0 Å². The predicted molar refractivity (Wildman–Crippen MR) is 77.2 cm³/mol. The number of aliphatic hydroxyl groups is 2. The molecule has 4 heteroatoms. The number of rotatable bonds is 8. The molecule has 0 bridgehead atoms. The molecular weight excluding hydrogens is 242 g/mol. The number of hydrogen-bond acceptors (Lipinski definition) is 4. The fourth-order valence-corrected chi connectivity index (χ4v) is 2.60. The van der Waals surface area contributed by atoms with Gasteiger partial charge >= 0.3 is 0 Å². The van der Waals surface area contributed by atoms with Crippen LogP contribution in [0.4, 0.5) is 0 Å². The van der Waals surface area contributed by atoms with Gasteiger partial charge in [0.15, 0.2) is 0 Å². The first-order chi connectivity index (χ1) is 8.98. The monoisotopic (exact) mass is 273 g/mol. The van der Waals surface area contributed by atoms with Crippen LogP contribution in [0, 0.1) is 5.92 Å². The van der Waals surface area contributed by atoms with Crippen LogP contribution in [0.15, 0.2) is 0 Å². The molecule has 0 aromatic heterocycles. The second-order valence-electron chi connectivity index (χ2n) is 6.40. The molecule has 0 amide bonds.